The standard InChI is InChI=1S/C2F5Si/c3-1-2(4)8(5,6)7/q+1. The van der Waals surface area contributed by atoms with Gasteiger partial charge in [-0.2, -0.15) is 0 Å². The molecule has 8 heavy (non-hydrogen) atoms. The van der Waals surface area contributed by atoms with Crippen LogP contribution in [0.25, 0.3) is 0 Å². The Morgan fingerprint density at radius 3 is 1.62 bits per heavy atom. The second-order valence-corrected chi connectivity index (χ2v) is 2.34. The lowest BCUT2D eigenvalue weighted by Gasteiger charge is -1.83. The molecule has 0 spiro atoms. The summed E-state index contributed by atoms with van der Waals surface area (Å²) in [6, 6.07) is 0. The van der Waals surface area contributed by atoms with Gasteiger partial charge in [0, 0.05) is 0 Å². The lowest BCUT2D eigenvalue weighted by atomic mass is 11.1. The van der Waals surface area contributed by atoms with Crippen LogP contribution in [-0.4, -0.2) is 9.08 Å². The highest BCUT2D eigenvalue weighted by Crippen LogP contribution is 2.19. The summed E-state index contributed by atoms with van der Waals surface area (Å²) in [4.78, 5) is 0. The third kappa shape index (κ3) is 1.99. The highest BCUT2D eigenvalue weighted by Gasteiger charge is 2.55. The number of hydrogen-bond donors (Lipinski definition) is 0. The zero-order valence-corrected chi connectivity index (χ0v) is 4.39. The van der Waals surface area contributed by atoms with Crippen molar-refractivity contribution in [1.29, 1.82) is 0 Å². The van der Waals surface area contributed by atoms with E-state index in [-0.39, 0.29) is 6.33 Å². The quantitative estimate of drug-likeness (QED) is 0.230. The Morgan fingerprint density at radius 2 is 1.62 bits per heavy atom. The van der Waals surface area contributed by atoms with Gasteiger partial charge in [0.05, 0.1) is 4.39 Å². The molecule has 46 valence electrons. The number of halogens is 5. The molecule has 0 radical (unpaired) electrons. The molecule has 0 nitrogen and oxygen atoms in total. The molecule has 0 rings (SSSR count). The first-order valence-corrected chi connectivity index (χ1v) is 3.08. The van der Waals surface area contributed by atoms with E-state index < -0.39 is 14.5 Å². The van der Waals surface area contributed by atoms with E-state index in [1.807, 2.05) is 0 Å². The normalized spacial score (nSPS) is 13.4. The second-order valence-electron chi connectivity index (χ2n) is 0.906. The van der Waals surface area contributed by atoms with Gasteiger partial charge in [-0.05, 0) is 0 Å². The second kappa shape index (κ2) is 2.19. The molecule has 0 saturated carbocycles. The van der Waals surface area contributed by atoms with Crippen LogP contribution in [0.4, 0.5) is 21.1 Å². The molecule has 0 atom stereocenters. The van der Waals surface area contributed by atoms with E-state index in [9.17, 15) is 21.1 Å². The van der Waals surface area contributed by atoms with Crippen LogP contribution in [0, 0.1) is 6.33 Å². The first kappa shape index (κ1) is 7.52. The highest BCUT2D eigenvalue weighted by molar-refractivity contribution is 6.65. The number of hydrogen-bond acceptors (Lipinski definition) is 0. The Balaban J connectivity index is 4.03. The van der Waals surface area contributed by atoms with E-state index in [0.717, 1.165) is 0 Å². The maximum absolute atomic E-state index is 11.0. The van der Waals surface area contributed by atoms with Crippen LogP contribution in [0.15, 0.2) is 5.45 Å². The van der Waals surface area contributed by atoms with Crippen LogP contribution in [0.2, 0.25) is 0 Å². The van der Waals surface area contributed by atoms with Crippen molar-refractivity contribution in [1.82, 2.24) is 0 Å². The fourth-order valence-corrected chi connectivity index (χ4v) is 0.161. The fraction of sp³-hybridized carbons (Fsp3) is 0. The summed E-state index contributed by atoms with van der Waals surface area (Å²) in [6.07, 6.45) is -0.108. The van der Waals surface area contributed by atoms with Gasteiger partial charge in [-0.15, -0.1) is 4.39 Å². The third-order valence-corrected chi connectivity index (χ3v) is 0.924. The Labute approximate surface area is 43.1 Å². The largest absolute Gasteiger partial charge is 0.748 e. The van der Waals surface area contributed by atoms with Crippen LogP contribution in [0.5, 0.6) is 0 Å². The van der Waals surface area contributed by atoms with Gasteiger partial charge in [0.25, 0.3) is 0 Å². The predicted molar refractivity (Wildman–Crippen MR) is 18.1 cm³/mol. The highest BCUT2D eigenvalue weighted by atomic mass is 28.5. The molecule has 0 aliphatic rings. The van der Waals surface area contributed by atoms with Gasteiger partial charge in [0.1, 0.15) is 0 Å². The van der Waals surface area contributed by atoms with Crippen molar-refractivity contribution < 1.29 is 21.1 Å². The molecule has 0 bridgehead atoms. The van der Waals surface area contributed by atoms with Gasteiger partial charge in [-0.3, -0.25) is 0 Å². The van der Waals surface area contributed by atoms with E-state index in [4.69, 9.17) is 0 Å². The van der Waals surface area contributed by atoms with Crippen LogP contribution in [-0.2, 0) is 0 Å². The zero-order chi connectivity index (χ0) is 6.78. The molecule has 0 heterocycles. The molecule has 0 N–H and O–H groups in total. The summed E-state index contributed by atoms with van der Waals surface area (Å²) < 4.78 is 54.2. The van der Waals surface area contributed by atoms with Gasteiger partial charge in [0.15, 0.2) is 0 Å². The van der Waals surface area contributed by atoms with Crippen molar-refractivity contribution in [3.63, 3.8) is 0 Å². The Hall–Kier alpha value is -0.483. The molecule has 0 aromatic heterocycles. The van der Waals surface area contributed by atoms with Gasteiger partial charge in [-0.25, -0.2) is 12.3 Å². The molecule has 0 amide bonds. The van der Waals surface area contributed by atoms with Crippen molar-refractivity contribution in [3.05, 3.63) is 11.8 Å². The molecule has 0 unspecified atom stereocenters. The minimum atomic E-state index is -6.50. The summed E-state index contributed by atoms with van der Waals surface area (Å²) >= 11 is 0. The van der Waals surface area contributed by atoms with Crippen LogP contribution in [0.1, 0.15) is 0 Å². The van der Waals surface area contributed by atoms with Crippen molar-refractivity contribution in [2.45, 2.75) is 0 Å². The lowest BCUT2D eigenvalue weighted by Crippen LogP contribution is -2.15. The summed E-state index contributed by atoms with van der Waals surface area (Å²) in [5, 5.41) is 0. The zero-order valence-electron chi connectivity index (χ0n) is 3.39. The van der Waals surface area contributed by atoms with Crippen LogP contribution in [0.3, 0.4) is 0 Å². The molecule has 0 aliphatic heterocycles. The number of rotatable bonds is 1. The molecular formula is C2F5Si+. The minimum absolute atomic E-state index is 0.108. The molecule has 0 saturated heterocycles. The average Bonchev–Trinajstić information content (AvgIpc) is 1.62. The fourth-order valence-electron chi connectivity index (χ4n) is 0.0536. The van der Waals surface area contributed by atoms with Gasteiger partial charge in [-0.1, -0.05) is 0 Å². The monoisotopic (exact) mass is 147 g/mol. The van der Waals surface area contributed by atoms with Crippen molar-refractivity contribution in [2.75, 3.05) is 0 Å². The molecule has 0 fully saturated rings. The Bertz CT molecular complexity index is 101. The smallest absolute Gasteiger partial charge is 0.230 e. The molecule has 6 heteroatoms. The molecule has 0 aromatic carbocycles. The first-order chi connectivity index (χ1) is 3.48. The SMILES string of the molecule is F[C+]=C(F)[Si](F)(F)F. The third-order valence-electron chi connectivity index (χ3n) is 0.332. The van der Waals surface area contributed by atoms with E-state index in [2.05, 4.69) is 0 Å². The summed E-state index contributed by atoms with van der Waals surface area (Å²) in [7, 11) is -6.50. The minimum Gasteiger partial charge on any atom is -0.230 e. The molecule has 0 aliphatic carbocycles. The molecule has 0 aromatic rings. The van der Waals surface area contributed by atoms with E-state index in [0.29, 0.717) is 0 Å². The topological polar surface area (TPSA) is 0 Å². The maximum atomic E-state index is 11.0. The Morgan fingerprint density at radius 1 is 1.25 bits per heavy atom. The lowest BCUT2D eigenvalue weighted by molar-refractivity contribution is 0.440. The van der Waals surface area contributed by atoms with Crippen molar-refractivity contribution in [2.24, 2.45) is 0 Å². The maximum Gasteiger partial charge on any atom is 0.748 e. The summed E-state index contributed by atoms with van der Waals surface area (Å²) in [5.41, 5.74) is -2.70. The van der Waals surface area contributed by atoms with Gasteiger partial charge < -0.3 is 0 Å². The van der Waals surface area contributed by atoms with Gasteiger partial charge in [0.2, 0.25) is 0 Å². The molecular weight excluding hydrogens is 147 g/mol. The predicted octanol–water partition coefficient (Wildman–Crippen LogP) is 1.96. The van der Waals surface area contributed by atoms with Crippen LogP contribution >= 0.6 is 0 Å². The van der Waals surface area contributed by atoms with Gasteiger partial charge >= 0.3 is 20.9 Å². The van der Waals surface area contributed by atoms with E-state index in [1.54, 1.807) is 0 Å². The van der Waals surface area contributed by atoms with E-state index >= 15 is 0 Å². The van der Waals surface area contributed by atoms with E-state index in [1.165, 1.54) is 0 Å². The summed E-state index contributed by atoms with van der Waals surface area (Å²) in [5.74, 6) is 0. The van der Waals surface area contributed by atoms with Crippen LogP contribution < -0.4 is 0 Å². The Kier molecular flexibility index (Phi) is 2.06. The van der Waals surface area contributed by atoms with Crippen molar-refractivity contribution >= 4 is 9.08 Å². The van der Waals surface area contributed by atoms with Crippen molar-refractivity contribution in [3.8, 4) is 0 Å². The average molecular weight is 147 g/mol. The first-order valence-electron chi connectivity index (χ1n) is 1.44. The summed E-state index contributed by atoms with van der Waals surface area (Å²) in [6.45, 7) is 0.